The van der Waals surface area contributed by atoms with Crippen molar-refractivity contribution in [2.24, 2.45) is 5.73 Å². The molecule has 0 saturated heterocycles. The molecule has 0 aromatic heterocycles. The third-order valence-corrected chi connectivity index (χ3v) is 5.19. The van der Waals surface area contributed by atoms with Crippen LogP contribution in [-0.4, -0.2) is 68.6 Å². The summed E-state index contributed by atoms with van der Waals surface area (Å²) in [6, 6.07) is 22.0. The van der Waals surface area contributed by atoms with Gasteiger partial charge in [-0.15, -0.1) is 0 Å². The van der Waals surface area contributed by atoms with Gasteiger partial charge in [0.2, 0.25) is 5.91 Å². The lowest BCUT2D eigenvalue weighted by molar-refractivity contribution is -0.138. The normalized spacial score (nSPS) is 11.1. The molecule has 3 aromatic carbocycles. The number of hydrogen-bond acceptors (Lipinski definition) is 8. The second kappa shape index (κ2) is 15.9. The number of nitrogens with one attached hydrogen (secondary N) is 1. The Balaban J connectivity index is 0.000000322. The number of aliphatic hydroxyl groups excluding tert-OH is 3. The van der Waals surface area contributed by atoms with Crippen LogP contribution < -0.4 is 11.1 Å². The zero-order valence-corrected chi connectivity index (χ0v) is 21.2. The number of ketones is 1. The number of aliphatic hydroxyl groups is 3. The highest BCUT2D eigenvalue weighted by Crippen LogP contribution is 2.19. The number of benzene rings is 3. The van der Waals surface area contributed by atoms with Gasteiger partial charge in [-0.2, -0.15) is 0 Å². The Hall–Kier alpha value is -4.09. The first-order valence-electron chi connectivity index (χ1n) is 11.6. The second-order valence-corrected chi connectivity index (χ2v) is 8.45. The van der Waals surface area contributed by atoms with Crippen molar-refractivity contribution in [1.29, 1.82) is 0 Å². The van der Waals surface area contributed by atoms with E-state index in [4.69, 9.17) is 31.3 Å². The molecule has 0 aliphatic heterocycles. The minimum Gasteiger partial charge on any atom is -0.508 e. The predicted octanol–water partition coefficient (Wildman–Crippen LogP) is 2.12. The molecule has 0 aliphatic rings. The summed E-state index contributed by atoms with van der Waals surface area (Å²) in [7, 11) is 0. The zero-order chi connectivity index (χ0) is 28.7. The molecule has 10 heteroatoms. The van der Waals surface area contributed by atoms with Crippen molar-refractivity contribution in [3.8, 4) is 5.75 Å². The van der Waals surface area contributed by atoms with Gasteiger partial charge in [-0.25, -0.2) is 0 Å². The molecule has 38 heavy (non-hydrogen) atoms. The fourth-order valence-electron chi connectivity index (χ4n) is 2.75. The Kier molecular flexibility index (Phi) is 13.4. The van der Waals surface area contributed by atoms with E-state index in [1.165, 1.54) is 19.1 Å². The maximum atomic E-state index is 12.2. The molecular weight excluding hydrogens is 492 g/mol. The number of hydrogen-bond donors (Lipinski definition) is 7. The molecule has 0 bridgehead atoms. The van der Waals surface area contributed by atoms with E-state index >= 15 is 0 Å². The first-order valence-corrected chi connectivity index (χ1v) is 11.6. The van der Waals surface area contributed by atoms with Crippen LogP contribution in [0.5, 0.6) is 5.75 Å². The van der Waals surface area contributed by atoms with Gasteiger partial charge < -0.3 is 36.6 Å². The Morgan fingerprint density at radius 2 is 1.37 bits per heavy atom. The van der Waals surface area contributed by atoms with Gasteiger partial charge >= 0.3 is 5.97 Å². The van der Waals surface area contributed by atoms with Gasteiger partial charge in [0.25, 0.3) is 0 Å². The second-order valence-electron chi connectivity index (χ2n) is 8.45. The third-order valence-electron chi connectivity index (χ3n) is 5.19. The number of aliphatic carboxylic acids is 1. The molecule has 10 nitrogen and oxygen atoms in total. The van der Waals surface area contributed by atoms with Gasteiger partial charge in [0.15, 0.2) is 5.78 Å². The van der Waals surface area contributed by atoms with Crippen molar-refractivity contribution < 1.29 is 39.9 Å². The number of phenols is 1. The van der Waals surface area contributed by atoms with Gasteiger partial charge in [0, 0.05) is 23.7 Å². The predicted molar refractivity (Wildman–Crippen MR) is 143 cm³/mol. The molecule has 1 amide bonds. The summed E-state index contributed by atoms with van der Waals surface area (Å²) >= 11 is 0. The summed E-state index contributed by atoms with van der Waals surface area (Å²) in [6.45, 7) is 1.83. The average Bonchev–Trinajstić information content (AvgIpc) is 2.94. The van der Waals surface area contributed by atoms with E-state index in [1.54, 1.807) is 67.6 Å². The third kappa shape index (κ3) is 10.9. The molecule has 0 unspecified atom stereocenters. The fraction of sp³-hybridized carbons (Fsp3) is 0.250. The number of phenolic OH excluding ortho intramolecular Hbond substituents is 1. The van der Waals surface area contributed by atoms with E-state index in [9.17, 15) is 14.4 Å². The van der Waals surface area contributed by atoms with Crippen LogP contribution in [0.2, 0.25) is 0 Å². The van der Waals surface area contributed by atoms with E-state index < -0.39 is 37.2 Å². The molecule has 0 fully saturated rings. The minimum absolute atomic E-state index is 0.0972. The number of amides is 1. The van der Waals surface area contributed by atoms with Gasteiger partial charge in [-0.1, -0.05) is 48.5 Å². The van der Waals surface area contributed by atoms with Crippen molar-refractivity contribution in [2.45, 2.75) is 25.3 Å². The van der Waals surface area contributed by atoms with E-state index in [2.05, 4.69) is 5.32 Å². The molecule has 0 spiro atoms. The molecule has 0 aliphatic carbocycles. The number of carboxylic acids is 1. The molecule has 1 atom stereocenters. The Bertz CT molecular complexity index is 1150. The molecule has 3 aromatic rings. The van der Waals surface area contributed by atoms with Crippen molar-refractivity contribution in [3.63, 3.8) is 0 Å². The highest BCUT2D eigenvalue weighted by Gasteiger charge is 2.20. The molecule has 8 N–H and O–H groups in total. The number of carbonyl (C=O) groups is 3. The van der Waals surface area contributed by atoms with Crippen LogP contribution in [-0.2, 0) is 9.59 Å². The highest BCUT2D eigenvalue weighted by atomic mass is 16.4. The van der Waals surface area contributed by atoms with Crippen LogP contribution in [0.1, 0.15) is 41.3 Å². The lowest BCUT2D eigenvalue weighted by atomic mass is 9.96. The quantitative estimate of drug-likeness (QED) is 0.170. The standard InChI is InChI=1S/C16H14O3.C8H9NO2.C4H11NO3/c1-11(16(18)19)13-8-5-9-14(10-13)15(17)12-6-3-2-4-7-12;1-6(10)9-7-2-4-8(11)5-3-7;5-4(1-6,2-7)3-8/h2-11H,1H3,(H,18,19);2-5,11H,1H3,(H,9,10);6-8H,1-3,5H2/t11-;;/m0../s1. The smallest absolute Gasteiger partial charge is 0.310 e. The number of carbonyl (C=O) groups excluding carboxylic acids is 2. The molecule has 204 valence electrons. The van der Waals surface area contributed by atoms with Crippen molar-refractivity contribution in [2.75, 3.05) is 25.1 Å². The van der Waals surface area contributed by atoms with E-state index in [0.717, 1.165) is 0 Å². The molecule has 3 rings (SSSR count). The Morgan fingerprint density at radius 1 is 0.842 bits per heavy atom. The number of rotatable bonds is 8. The van der Waals surface area contributed by atoms with Crippen LogP contribution in [0, 0.1) is 0 Å². The monoisotopic (exact) mass is 526 g/mol. The van der Waals surface area contributed by atoms with Crippen LogP contribution in [0.25, 0.3) is 0 Å². The summed E-state index contributed by atoms with van der Waals surface area (Å²) in [6.07, 6.45) is 0. The van der Waals surface area contributed by atoms with Gasteiger partial charge in [-0.3, -0.25) is 14.4 Å². The van der Waals surface area contributed by atoms with E-state index in [1.807, 2.05) is 6.07 Å². The van der Waals surface area contributed by atoms with Crippen LogP contribution in [0.4, 0.5) is 5.69 Å². The number of nitrogens with two attached hydrogens (primary N) is 1. The first kappa shape index (κ1) is 31.9. The average molecular weight is 527 g/mol. The summed E-state index contributed by atoms with van der Waals surface area (Å²) < 4.78 is 0. The number of carboxylic acid groups (broad SMARTS) is 1. The number of aromatic hydroxyl groups is 1. The highest BCUT2D eigenvalue weighted by molar-refractivity contribution is 6.09. The zero-order valence-electron chi connectivity index (χ0n) is 21.2. The first-order chi connectivity index (χ1) is 18.0. The van der Waals surface area contributed by atoms with Crippen LogP contribution >= 0.6 is 0 Å². The topological polar surface area (TPSA) is 190 Å². The van der Waals surface area contributed by atoms with Crippen molar-refractivity contribution >= 4 is 23.3 Å². The summed E-state index contributed by atoms with van der Waals surface area (Å²) in [5.74, 6) is -1.54. The fourth-order valence-corrected chi connectivity index (χ4v) is 2.75. The van der Waals surface area contributed by atoms with Crippen molar-refractivity contribution in [1.82, 2.24) is 0 Å². The van der Waals surface area contributed by atoms with E-state index in [-0.39, 0.29) is 17.4 Å². The lowest BCUT2D eigenvalue weighted by Crippen LogP contribution is -2.50. The molecule has 0 radical (unpaired) electrons. The Morgan fingerprint density at radius 3 is 1.82 bits per heavy atom. The molecule has 0 heterocycles. The van der Waals surface area contributed by atoms with E-state index in [0.29, 0.717) is 22.4 Å². The maximum Gasteiger partial charge on any atom is 0.310 e. The summed E-state index contributed by atoms with van der Waals surface area (Å²) in [4.78, 5) is 33.7. The van der Waals surface area contributed by atoms with Crippen LogP contribution in [0.3, 0.4) is 0 Å². The van der Waals surface area contributed by atoms with Gasteiger partial charge in [-0.05, 0) is 42.8 Å². The summed E-state index contributed by atoms with van der Waals surface area (Å²) in [5, 5.41) is 45.5. The Labute approximate surface area is 221 Å². The number of anilines is 1. The molecular formula is C28H34N2O8. The minimum atomic E-state index is -1.21. The SMILES string of the molecule is CC(=O)Nc1ccc(O)cc1.C[C@H](C(=O)O)c1cccc(C(=O)c2ccccc2)c1.NC(CO)(CO)CO. The van der Waals surface area contributed by atoms with Crippen molar-refractivity contribution in [3.05, 3.63) is 95.6 Å². The molecule has 0 saturated carbocycles. The maximum absolute atomic E-state index is 12.2. The summed E-state index contributed by atoms with van der Waals surface area (Å²) in [5.41, 5.74) is 6.37. The van der Waals surface area contributed by atoms with Crippen LogP contribution in [0.15, 0.2) is 78.9 Å². The van der Waals surface area contributed by atoms with Gasteiger partial charge in [0.1, 0.15) is 5.75 Å². The van der Waals surface area contributed by atoms with Gasteiger partial charge in [0.05, 0.1) is 31.3 Å². The largest absolute Gasteiger partial charge is 0.508 e. The lowest BCUT2D eigenvalue weighted by Gasteiger charge is -2.20.